The fraction of sp³-hybridized carbons (Fsp3) is 0.391. The summed E-state index contributed by atoms with van der Waals surface area (Å²) >= 11 is 0. The molecule has 0 aliphatic carbocycles. The van der Waals surface area contributed by atoms with Gasteiger partial charge in [-0.3, -0.25) is 4.79 Å². The maximum Gasteiger partial charge on any atom is 0.328 e. The molecule has 0 spiro atoms. The molecule has 1 aliphatic heterocycles. The second-order valence-corrected chi connectivity index (χ2v) is 7.11. The van der Waals surface area contributed by atoms with Gasteiger partial charge in [-0.2, -0.15) is 0 Å². The number of amides is 1. The Morgan fingerprint density at radius 1 is 0.935 bits per heavy atom. The second kappa shape index (κ2) is 9.59. The molecule has 0 unspecified atom stereocenters. The Kier molecular flexibility index (Phi) is 6.89. The first-order valence-corrected chi connectivity index (χ1v) is 9.77. The van der Waals surface area contributed by atoms with Gasteiger partial charge in [-0.1, -0.05) is 6.07 Å². The third kappa shape index (κ3) is 4.23. The normalized spacial score (nSPS) is 17.4. The van der Waals surface area contributed by atoms with Crippen LogP contribution < -0.4 is 18.9 Å². The maximum absolute atomic E-state index is 12.5. The Bertz CT molecular complexity index is 959. The number of hydrogen-bond donors (Lipinski definition) is 0. The van der Waals surface area contributed by atoms with Crippen molar-refractivity contribution in [2.24, 2.45) is 0 Å². The molecule has 1 aliphatic rings. The number of benzene rings is 2. The zero-order valence-corrected chi connectivity index (χ0v) is 18.3. The summed E-state index contributed by atoms with van der Waals surface area (Å²) in [5, 5.41) is 0. The number of rotatable bonds is 8. The van der Waals surface area contributed by atoms with E-state index in [1.54, 1.807) is 28.4 Å². The van der Waals surface area contributed by atoms with E-state index in [2.05, 4.69) is 0 Å². The average Bonchev–Trinajstić information content (AvgIpc) is 2.82. The van der Waals surface area contributed by atoms with Gasteiger partial charge in [0.1, 0.15) is 6.04 Å². The van der Waals surface area contributed by atoms with E-state index in [0.29, 0.717) is 42.2 Å². The fourth-order valence-electron chi connectivity index (χ4n) is 4.05. The Hall–Kier alpha value is -3.42. The summed E-state index contributed by atoms with van der Waals surface area (Å²) in [5.41, 5.74) is 2.71. The smallest absolute Gasteiger partial charge is 0.328 e. The molecule has 2 aromatic rings. The monoisotopic (exact) mass is 429 g/mol. The Morgan fingerprint density at radius 3 is 2.13 bits per heavy atom. The van der Waals surface area contributed by atoms with E-state index in [1.165, 1.54) is 12.0 Å². The third-order valence-corrected chi connectivity index (χ3v) is 5.61. The van der Waals surface area contributed by atoms with Gasteiger partial charge in [0.2, 0.25) is 6.41 Å². The predicted molar refractivity (Wildman–Crippen MR) is 113 cm³/mol. The molecule has 0 saturated heterocycles. The molecule has 2 aromatic carbocycles. The van der Waals surface area contributed by atoms with Crippen molar-refractivity contribution in [1.29, 1.82) is 0 Å². The third-order valence-electron chi connectivity index (χ3n) is 5.61. The maximum atomic E-state index is 12.5. The molecule has 3 rings (SSSR count). The van der Waals surface area contributed by atoms with E-state index in [4.69, 9.17) is 23.7 Å². The van der Waals surface area contributed by atoms with Gasteiger partial charge < -0.3 is 28.6 Å². The number of hydrogen-bond acceptors (Lipinski definition) is 7. The molecule has 0 bridgehead atoms. The lowest BCUT2D eigenvalue weighted by molar-refractivity contribution is -0.151. The number of fused-ring (bicyclic) bond motifs is 1. The van der Waals surface area contributed by atoms with Gasteiger partial charge in [-0.05, 0) is 47.4 Å². The summed E-state index contributed by atoms with van der Waals surface area (Å²) in [6.45, 7) is 0. The average molecular weight is 429 g/mol. The van der Waals surface area contributed by atoms with E-state index >= 15 is 0 Å². The van der Waals surface area contributed by atoms with E-state index in [9.17, 15) is 9.59 Å². The first-order chi connectivity index (χ1) is 15.0. The summed E-state index contributed by atoms with van der Waals surface area (Å²) < 4.78 is 26.6. The van der Waals surface area contributed by atoms with Crippen LogP contribution in [0.15, 0.2) is 30.3 Å². The van der Waals surface area contributed by atoms with E-state index in [-0.39, 0.29) is 0 Å². The van der Waals surface area contributed by atoms with Crippen LogP contribution in [0.3, 0.4) is 0 Å². The van der Waals surface area contributed by atoms with E-state index < -0.39 is 18.1 Å². The molecule has 2 atom stereocenters. The van der Waals surface area contributed by atoms with Gasteiger partial charge in [0, 0.05) is 6.42 Å². The number of carbonyl (C=O) groups is 2. The minimum absolute atomic E-state index is 0.323. The number of carbonyl (C=O) groups excluding carboxylic acids is 2. The van der Waals surface area contributed by atoms with Crippen molar-refractivity contribution >= 4 is 12.4 Å². The molecule has 0 saturated carbocycles. The quantitative estimate of drug-likeness (QED) is 0.471. The van der Waals surface area contributed by atoms with Crippen LogP contribution in [-0.4, -0.2) is 58.9 Å². The molecule has 0 fully saturated rings. The topological polar surface area (TPSA) is 83.5 Å². The number of ether oxygens (including phenoxy) is 5. The SMILES string of the molecule is COC(=O)[C@@H]1Cc2cc(OC)c(OC)cc2[C@H](Cc2ccc(OC)c(OC)c2)N1C=O. The molecule has 31 heavy (non-hydrogen) atoms. The van der Waals surface area contributed by atoms with Crippen LogP contribution in [0.25, 0.3) is 0 Å². The highest BCUT2D eigenvalue weighted by atomic mass is 16.5. The lowest BCUT2D eigenvalue weighted by Crippen LogP contribution is -2.48. The standard InChI is InChI=1S/C23H27NO7/c1-27-19-7-6-14(9-20(19)28-2)8-17-16-12-22(30-4)21(29-3)11-15(16)10-18(23(26)31-5)24(17)13-25/h6-7,9,11-13,17-18H,8,10H2,1-5H3/t17-,18-/m0/s1. The molecule has 166 valence electrons. The summed E-state index contributed by atoms with van der Waals surface area (Å²) in [7, 11) is 7.58. The summed E-state index contributed by atoms with van der Waals surface area (Å²) in [5.74, 6) is 1.85. The second-order valence-electron chi connectivity index (χ2n) is 7.11. The highest BCUT2D eigenvalue weighted by Gasteiger charge is 2.39. The van der Waals surface area contributed by atoms with Crippen molar-refractivity contribution in [1.82, 2.24) is 4.90 Å². The lowest BCUT2D eigenvalue weighted by Gasteiger charge is -2.40. The van der Waals surface area contributed by atoms with Crippen LogP contribution in [0.5, 0.6) is 23.0 Å². The zero-order valence-electron chi connectivity index (χ0n) is 18.3. The molecule has 1 amide bonds. The van der Waals surface area contributed by atoms with Crippen molar-refractivity contribution < 1.29 is 33.3 Å². The Morgan fingerprint density at radius 2 is 1.55 bits per heavy atom. The van der Waals surface area contributed by atoms with E-state index in [0.717, 1.165) is 16.7 Å². The van der Waals surface area contributed by atoms with Gasteiger partial charge >= 0.3 is 5.97 Å². The zero-order chi connectivity index (χ0) is 22.5. The summed E-state index contributed by atoms with van der Waals surface area (Å²) in [6, 6.07) is 8.16. The van der Waals surface area contributed by atoms with Crippen molar-refractivity contribution in [3.8, 4) is 23.0 Å². The van der Waals surface area contributed by atoms with E-state index in [1.807, 2.05) is 30.3 Å². The highest BCUT2D eigenvalue weighted by molar-refractivity contribution is 5.80. The van der Waals surface area contributed by atoms with Crippen molar-refractivity contribution in [2.45, 2.75) is 24.9 Å². The number of methoxy groups -OCH3 is 5. The highest BCUT2D eigenvalue weighted by Crippen LogP contribution is 2.41. The molecular weight excluding hydrogens is 402 g/mol. The summed E-state index contributed by atoms with van der Waals surface area (Å²) in [6.07, 6.45) is 1.48. The first-order valence-electron chi connectivity index (χ1n) is 9.77. The van der Waals surface area contributed by atoms with Crippen LogP contribution in [0, 0.1) is 0 Å². The first kappa shape index (κ1) is 22.3. The minimum atomic E-state index is -0.738. The summed E-state index contributed by atoms with van der Waals surface area (Å²) in [4.78, 5) is 26.1. The molecular formula is C23H27NO7. The van der Waals surface area contributed by atoms with Gasteiger partial charge in [0.25, 0.3) is 0 Å². The van der Waals surface area contributed by atoms with Gasteiger partial charge in [-0.25, -0.2) is 4.79 Å². The molecule has 0 radical (unpaired) electrons. The molecule has 0 aromatic heterocycles. The predicted octanol–water partition coefficient (Wildman–Crippen LogP) is 2.56. The van der Waals surface area contributed by atoms with Crippen LogP contribution in [0.4, 0.5) is 0 Å². The largest absolute Gasteiger partial charge is 0.493 e. The van der Waals surface area contributed by atoms with Crippen molar-refractivity contribution in [3.63, 3.8) is 0 Å². The Balaban J connectivity index is 2.11. The van der Waals surface area contributed by atoms with Gasteiger partial charge in [-0.15, -0.1) is 0 Å². The minimum Gasteiger partial charge on any atom is -0.493 e. The fourth-order valence-corrected chi connectivity index (χ4v) is 4.05. The van der Waals surface area contributed by atoms with Crippen LogP contribution >= 0.6 is 0 Å². The van der Waals surface area contributed by atoms with Gasteiger partial charge in [0.15, 0.2) is 23.0 Å². The van der Waals surface area contributed by atoms with Crippen LogP contribution in [0.2, 0.25) is 0 Å². The van der Waals surface area contributed by atoms with Crippen molar-refractivity contribution in [2.75, 3.05) is 35.5 Å². The van der Waals surface area contributed by atoms with Crippen LogP contribution in [-0.2, 0) is 27.2 Å². The molecule has 8 nitrogen and oxygen atoms in total. The van der Waals surface area contributed by atoms with Crippen LogP contribution in [0.1, 0.15) is 22.7 Å². The number of nitrogens with zero attached hydrogens (tertiary/aromatic N) is 1. The molecule has 8 heteroatoms. The number of esters is 1. The Labute approximate surface area is 181 Å². The lowest BCUT2D eigenvalue weighted by atomic mass is 9.85. The van der Waals surface area contributed by atoms with Gasteiger partial charge in [0.05, 0.1) is 41.6 Å². The molecule has 0 N–H and O–H groups in total. The van der Waals surface area contributed by atoms with Crippen molar-refractivity contribution in [3.05, 3.63) is 47.0 Å². The molecule has 1 heterocycles.